The highest BCUT2D eigenvalue weighted by atomic mass is 19.4. The summed E-state index contributed by atoms with van der Waals surface area (Å²) >= 11 is 0. The van der Waals surface area contributed by atoms with Crippen molar-refractivity contribution in [2.75, 3.05) is 50.3 Å². The molecule has 2 aromatic carbocycles. The summed E-state index contributed by atoms with van der Waals surface area (Å²) in [5.74, 6) is 0.404. The molecule has 0 spiro atoms. The van der Waals surface area contributed by atoms with Gasteiger partial charge in [-0.3, -0.25) is 9.80 Å². The maximum absolute atomic E-state index is 18.1. The van der Waals surface area contributed by atoms with Crippen LogP contribution in [0.5, 0.6) is 17.5 Å². The normalized spacial score (nSPS) is 24.1. The van der Waals surface area contributed by atoms with E-state index in [0.29, 0.717) is 48.8 Å². The Bertz CT molecular complexity index is 2740. The summed E-state index contributed by atoms with van der Waals surface area (Å²) in [5, 5.41) is 0.264. The molecule has 1 amide bonds. The van der Waals surface area contributed by atoms with Crippen LogP contribution in [0.1, 0.15) is 87.7 Å². The molecule has 0 radical (unpaired) electrons. The zero-order valence-corrected chi connectivity index (χ0v) is 40.6. The number of halogens is 5. The predicted molar refractivity (Wildman–Crippen MR) is 254 cm³/mol. The molecule has 0 unspecified atom stereocenters. The highest BCUT2D eigenvalue weighted by molar-refractivity contribution is 5.95. The van der Waals surface area contributed by atoms with E-state index in [1.165, 1.54) is 13.0 Å². The predicted octanol–water partition coefficient (Wildman–Crippen LogP) is 9.88. The molecule has 4 fully saturated rings. The molecule has 0 saturated carbocycles. The van der Waals surface area contributed by atoms with Crippen molar-refractivity contribution in [3.05, 3.63) is 88.4 Å². The van der Waals surface area contributed by atoms with Gasteiger partial charge in [0.25, 0.3) is 0 Å². The Kier molecular flexibility index (Phi) is 12.2. The van der Waals surface area contributed by atoms with Crippen molar-refractivity contribution >= 4 is 28.6 Å². The third kappa shape index (κ3) is 8.78. The van der Waals surface area contributed by atoms with Crippen molar-refractivity contribution < 1.29 is 45.7 Å². The third-order valence-corrected chi connectivity index (χ3v) is 14.8. The zero-order valence-electron chi connectivity index (χ0n) is 40.6. The number of rotatable bonds is 11. The summed E-state index contributed by atoms with van der Waals surface area (Å²) in [4.78, 5) is 41.0. The second-order valence-corrected chi connectivity index (χ2v) is 20.7. The minimum Gasteiger partial charge on any atom is -0.497 e. The number of carbonyl (C=O) groups excluding carboxylic acids is 1. The number of methoxy groups -OCH3 is 2. The van der Waals surface area contributed by atoms with Crippen molar-refractivity contribution in [1.29, 1.82) is 0 Å². The van der Waals surface area contributed by atoms with Gasteiger partial charge in [0.05, 0.1) is 54.5 Å². The summed E-state index contributed by atoms with van der Waals surface area (Å²) in [6, 6.07) is 14.9. The molecule has 8 heterocycles. The van der Waals surface area contributed by atoms with Crippen molar-refractivity contribution in [1.82, 2.24) is 29.7 Å². The summed E-state index contributed by atoms with van der Waals surface area (Å²) in [5.41, 5.74) is -2.22. The number of hydrogen-bond donors (Lipinski definition) is 0. The number of ether oxygens (including phenoxy) is 4. The molecule has 4 saturated heterocycles. The van der Waals surface area contributed by atoms with E-state index in [1.54, 1.807) is 38.5 Å². The van der Waals surface area contributed by atoms with E-state index in [2.05, 4.69) is 9.80 Å². The largest absolute Gasteiger partial charge is 0.497 e. The maximum atomic E-state index is 18.1. The number of benzene rings is 2. The smallest absolute Gasteiger partial charge is 0.418 e. The van der Waals surface area contributed by atoms with Crippen LogP contribution in [0.4, 0.5) is 38.4 Å². The molecule has 5 aliphatic rings. The number of piperazine rings is 1. The Balaban J connectivity index is 1.13. The quantitative estimate of drug-likeness (QED) is 0.117. The van der Waals surface area contributed by atoms with Crippen LogP contribution in [0.2, 0.25) is 0 Å². The van der Waals surface area contributed by atoms with Gasteiger partial charge in [-0.2, -0.15) is 23.1 Å². The minimum absolute atomic E-state index is 0.0432. The summed E-state index contributed by atoms with van der Waals surface area (Å²) in [6.07, 6.45) is -3.01. The molecule has 70 heavy (non-hydrogen) atoms. The van der Waals surface area contributed by atoms with Crippen LogP contribution in [0.25, 0.3) is 22.3 Å². The van der Waals surface area contributed by atoms with Gasteiger partial charge in [0, 0.05) is 32.6 Å². The number of anilines is 2. The molecule has 0 aliphatic carbocycles. The number of aryl methyl sites for hydroxylation is 1. The van der Waals surface area contributed by atoms with Crippen LogP contribution in [0.3, 0.4) is 0 Å². The Hall–Kier alpha value is -6.04. The lowest BCUT2D eigenvalue weighted by Crippen LogP contribution is -2.63. The molecular formula is C52H59F5N8O5. The molecule has 5 aromatic rings. The van der Waals surface area contributed by atoms with Crippen LogP contribution >= 0.6 is 0 Å². The first-order valence-corrected chi connectivity index (χ1v) is 24.1. The van der Waals surface area contributed by atoms with Crippen molar-refractivity contribution in [2.24, 2.45) is 5.92 Å². The van der Waals surface area contributed by atoms with E-state index in [0.717, 1.165) is 24.1 Å². The molecular weight excluding hydrogens is 912 g/mol. The Morgan fingerprint density at radius 1 is 0.900 bits per heavy atom. The molecule has 372 valence electrons. The number of nitrogens with zero attached hydrogens (tertiary/aromatic N) is 8. The highest BCUT2D eigenvalue weighted by Crippen LogP contribution is 2.48. The fourth-order valence-electron chi connectivity index (χ4n) is 11.8. The van der Waals surface area contributed by atoms with Crippen LogP contribution in [-0.2, 0) is 30.4 Å². The maximum Gasteiger partial charge on any atom is 0.418 e. The average Bonchev–Trinajstić information content (AvgIpc) is 3.92. The standard InChI is InChI=1S/C52H59F5N8O5/c1-29-22-39(62(24-31-9-14-35(67-6)15-10-31)25-32-11-16-36(68-7)17-12-32)59-44(41(29)52(55,56)57)45-42(54)43-40-37(58-45)21-30(2)46-38-18-13-34(65(38)49(66)70-50(3,4)5)27-64(46)47(40)61-48(60-43)69-28-51-19-8-20-63(51)26-33(53)23-51/h9-12,14-17,22,30,33-34,38,46H,8,13,18-21,23-28H2,1-7H3/t30-,33+,34+,38-,46-,51-/m0/s1. The van der Waals surface area contributed by atoms with Gasteiger partial charge in [0.1, 0.15) is 58.4 Å². The highest BCUT2D eigenvalue weighted by Gasteiger charge is 2.54. The first-order valence-electron chi connectivity index (χ1n) is 24.1. The lowest BCUT2D eigenvalue weighted by Gasteiger charge is -2.49. The second-order valence-electron chi connectivity index (χ2n) is 20.7. The first-order chi connectivity index (χ1) is 33.3. The number of carbonyl (C=O) groups is 1. The summed E-state index contributed by atoms with van der Waals surface area (Å²) in [7, 11) is 3.13. The Labute approximate surface area is 404 Å². The lowest BCUT2D eigenvalue weighted by atomic mass is 9.88. The van der Waals surface area contributed by atoms with Gasteiger partial charge < -0.3 is 28.7 Å². The summed E-state index contributed by atoms with van der Waals surface area (Å²) in [6.45, 7) is 10.7. The number of pyridine rings is 2. The molecule has 6 atom stereocenters. The van der Waals surface area contributed by atoms with Gasteiger partial charge >= 0.3 is 18.3 Å². The van der Waals surface area contributed by atoms with E-state index in [1.807, 2.05) is 61.8 Å². The number of fused-ring (bicyclic) bond motifs is 6. The molecule has 10 rings (SSSR count). The fourth-order valence-corrected chi connectivity index (χ4v) is 11.8. The molecule has 3 aromatic heterocycles. The molecule has 5 aliphatic heterocycles. The number of alkyl halides is 4. The number of hydrogen-bond acceptors (Lipinski definition) is 12. The number of aromatic nitrogens is 4. The van der Waals surface area contributed by atoms with Gasteiger partial charge in [0.2, 0.25) is 0 Å². The topological polar surface area (TPSA) is 119 Å². The Morgan fingerprint density at radius 3 is 2.20 bits per heavy atom. The lowest BCUT2D eigenvalue weighted by molar-refractivity contribution is -0.137. The van der Waals surface area contributed by atoms with Gasteiger partial charge in [-0.15, -0.1) is 0 Å². The van der Waals surface area contributed by atoms with E-state index in [-0.39, 0.29) is 91.4 Å². The van der Waals surface area contributed by atoms with Crippen LogP contribution in [-0.4, -0.2) is 112 Å². The molecule has 0 N–H and O–H groups in total. The van der Waals surface area contributed by atoms with E-state index in [9.17, 15) is 9.18 Å². The Morgan fingerprint density at radius 2 is 1.57 bits per heavy atom. The van der Waals surface area contributed by atoms with Gasteiger partial charge in [-0.25, -0.2) is 23.5 Å². The van der Waals surface area contributed by atoms with Crippen LogP contribution < -0.4 is 24.0 Å². The fraction of sp³-hybridized carbons (Fsp3) is 0.519. The first kappa shape index (κ1) is 47.6. The van der Waals surface area contributed by atoms with Crippen LogP contribution in [0.15, 0.2) is 54.6 Å². The second kappa shape index (κ2) is 18.0. The molecule has 2 bridgehead atoms. The molecule has 18 heteroatoms. The SMILES string of the molecule is COc1ccc(CN(Cc2ccc(OC)cc2)c2cc(C)c(C(F)(F)F)c(-c3nc4c5c(nc(OC[C@@]67CCCN6C[C@H](F)C7)nc5c3F)N3C[C@H]5CC[C@@H]([C@@H]3[C@@H](C)C4)N5C(=O)OC(C)(C)C)n2)cc1. The van der Waals surface area contributed by atoms with Crippen LogP contribution in [0, 0.1) is 18.7 Å². The van der Waals surface area contributed by atoms with Crippen molar-refractivity contribution in [2.45, 2.75) is 128 Å². The van der Waals surface area contributed by atoms with Gasteiger partial charge in [-0.1, -0.05) is 31.2 Å². The summed E-state index contributed by atoms with van der Waals surface area (Å²) < 4.78 is 103. The minimum atomic E-state index is -4.97. The monoisotopic (exact) mass is 970 g/mol. The molecule has 13 nitrogen and oxygen atoms in total. The van der Waals surface area contributed by atoms with E-state index in [4.69, 9.17) is 38.9 Å². The third-order valence-electron chi connectivity index (χ3n) is 14.8. The number of amides is 1. The van der Waals surface area contributed by atoms with E-state index >= 15 is 17.6 Å². The van der Waals surface area contributed by atoms with Crippen molar-refractivity contribution in [3.8, 4) is 28.9 Å². The van der Waals surface area contributed by atoms with Gasteiger partial charge in [-0.05, 0) is 119 Å². The van der Waals surface area contributed by atoms with E-state index < -0.39 is 52.3 Å². The zero-order chi connectivity index (χ0) is 49.4. The van der Waals surface area contributed by atoms with Crippen molar-refractivity contribution in [3.63, 3.8) is 0 Å². The van der Waals surface area contributed by atoms with Gasteiger partial charge in [0.15, 0.2) is 5.82 Å². The average molecular weight is 971 g/mol.